The van der Waals surface area contributed by atoms with Crippen LogP contribution in [0.4, 0.5) is 0 Å². The van der Waals surface area contributed by atoms with Crippen LogP contribution in [-0.2, 0) is 4.79 Å². The summed E-state index contributed by atoms with van der Waals surface area (Å²) >= 11 is 8.25. The van der Waals surface area contributed by atoms with Crippen LogP contribution in [0.3, 0.4) is 0 Å². The van der Waals surface area contributed by atoms with Crippen LogP contribution in [0.15, 0.2) is 41.5 Å². The van der Waals surface area contributed by atoms with Crippen LogP contribution in [0, 0.1) is 3.57 Å². The van der Waals surface area contributed by atoms with Gasteiger partial charge < -0.3 is 14.6 Å². The van der Waals surface area contributed by atoms with E-state index in [1.54, 1.807) is 18.2 Å². The quantitative estimate of drug-likeness (QED) is 0.354. The molecule has 0 saturated carbocycles. The van der Waals surface area contributed by atoms with Crippen LogP contribution in [-0.4, -0.2) is 36.9 Å². The van der Waals surface area contributed by atoms with Crippen molar-refractivity contribution in [3.8, 4) is 11.5 Å². The molecule has 0 spiro atoms. The molecule has 9 heteroatoms. The van der Waals surface area contributed by atoms with Crippen LogP contribution in [0.1, 0.15) is 15.9 Å². The molecule has 0 atom stereocenters. The topological polar surface area (TPSA) is 97.2 Å². The van der Waals surface area contributed by atoms with E-state index >= 15 is 0 Å². The number of carboxylic acids is 1. The highest BCUT2D eigenvalue weighted by Crippen LogP contribution is 2.36. The molecule has 2 N–H and O–H groups in total. The molecule has 0 unspecified atom stereocenters. The maximum atomic E-state index is 12.0. The monoisotopic (exact) mass is 488 g/mol. The maximum absolute atomic E-state index is 12.0. The molecule has 1 amide bonds. The minimum Gasteiger partial charge on any atom is -0.493 e. The standard InChI is InChI=1S/C17H14ClIN2O5/c1-25-14-7-10(6-13(18)16(14)26-9-15(22)23)8-20-21-17(24)11-2-4-12(19)5-3-11/h2-8H,9H2,1H3,(H,21,24)(H,22,23)/b20-8-. The first kappa shape index (κ1) is 20.0. The van der Waals surface area contributed by atoms with Crippen molar-refractivity contribution in [1.29, 1.82) is 0 Å². The molecule has 136 valence electrons. The zero-order valence-electron chi connectivity index (χ0n) is 13.5. The van der Waals surface area contributed by atoms with Crippen LogP contribution in [0.5, 0.6) is 11.5 Å². The largest absolute Gasteiger partial charge is 0.493 e. The summed E-state index contributed by atoms with van der Waals surface area (Å²) in [5.74, 6) is -1.11. The minimum atomic E-state index is -1.13. The van der Waals surface area contributed by atoms with Gasteiger partial charge in [-0.05, 0) is 64.6 Å². The lowest BCUT2D eigenvalue weighted by atomic mass is 10.2. The SMILES string of the molecule is COc1cc(/C=N\NC(=O)c2ccc(I)cc2)cc(Cl)c1OCC(=O)O. The molecule has 0 radical (unpaired) electrons. The van der Waals surface area contributed by atoms with Crippen molar-refractivity contribution in [3.63, 3.8) is 0 Å². The van der Waals surface area contributed by atoms with Crippen LogP contribution in [0.25, 0.3) is 0 Å². The first-order chi connectivity index (χ1) is 12.4. The van der Waals surface area contributed by atoms with E-state index < -0.39 is 12.6 Å². The maximum Gasteiger partial charge on any atom is 0.341 e. The summed E-state index contributed by atoms with van der Waals surface area (Å²) in [6.45, 7) is -0.546. The van der Waals surface area contributed by atoms with Crippen LogP contribution in [0.2, 0.25) is 5.02 Å². The van der Waals surface area contributed by atoms with Gasteiger partial charge in [-0.1, -0.05) is 11.6 Å². The Morgan fingerprint density at radius 3 is 2.62 bits per heavy atom. The molecule has 0 aliphatic rings. The Morgan fingerprint density at radius 1 is 1.31 bits per heavy atom. The van der Waals surface area contributed by atoms with E-state index in [-0.39, 0.29) is 22.4 Å². The Kier molecular flexibility index (Phi) is 7.22. The summed E-state index contributed by atoms with van der Waals surface area (Å²) < 4.78 is 11.3. The van der Waals surface area contributed by atoms with Gasteiger partial charge in [-0.15, -0.1) is 0 Å². The Morgan fingerprint density at radius 2 is 2.00 bits per heavy atom. The van der Waals surface area contributed by atoms with Gasteiger partial charge in [0.25, 0.3) is 5.91 Å². The smallest absolute Gasteiger partial charge is 0.341 e. The number of hydrogen-bond donors (Lipinski definition) is 2. The number of carboxylic acid groups (broad SMARTS) is 1. The van der Waals surface area contributed by atoms with Gasteiger partial charge >= 0.3 is 5.97 Å². The highest BCUT2D eigenvalue weighted by Gasteiger charge is 2.13. The number of carbonyl (C=O) groups excluding carboxylic acids is 1. The van der Waals surface area contributed by atoms with E-state index in [1.807, 2.05) is 12.1 Å². The number of nitrogens with zero attached hydrogens (tertiary/aromatic N) is 1. The van der Waals surface area contributed by atoms with Crippen molar-refractivity contribution >= 4 is 52.3 Å². The lowest BCUT2D eigenvalue weighted by Crippen LogP contribution is -2.17. The lowest BCUT2D eigenvalue weighted by molar-refractivity contribution is -0.139. The number of methoxy groups -OCH3 is 1. The van der Waals surface area contributed by atoms with Gasteiger partial charge in [0.05, 0.1) is 18.3 Å². The Balaban J connectivity index is 2.09. The number of benzene rings is 2. The van der Waals surface area contributed by atoms with Gasteiger partial charge in [0.2, 0.25) is 0 Å². The number of hydrogen-bond acceptors (Lipinski definition) is 5. The average molecular weight is 489 g/mol. The number of rotatable bonds is 7. The van der Waals surface area contributed by atoms with Gasteiger partial charge in [-0.2, -0.15) is 5.10 Å². The van der Waals surface area contributed by atoms with E-state index in [0.717, 1.165) is 3.57 Å². The first-order valence-electron chi connectivity index (χ1n) is 7.22. The fourth-order valence-electron chi connectivity index (χ4n) is 1.92. The van der Waals surface area contributed by atoms with E-state index in [1.165, 1.54) is 19.4 Å². The molecule has 0 bridgehead atoms. The van der Waals surface area contributed by atoms with E-state index in [9.17, 15) is 9.59 Å². The zero-order chi connectivity index (χ0) is 19.1. The van der Waals surface area contributed by atoms with Crippen molar-refractivity contribution in [2.75, 3.05) is 13.7 Å². The molecular weight excluding hydrogens is 475 g/mol. The molecule has 0 aliphatic heterocycles. The fourth-order valence-corrected chi connectivity index (χ4v) is 2.55. The average Bonchev–Trinajstić information content (AvgIpc) is 2.60. The van der Waals surface area contributed by atoms with Crippen molar-refractivity contribution in [2.45, 2.75) is 0 Å². The number of hydrazone groups is 1. The van der Waals surface area contributed by atoms with Crippen molar-refractivity contribution in [1.82, 2.24) is 5.43 Å². The molecule has 2 aromatic rings. The van der Waals surface area contributed by atoms with E-state index in [0.29, 0.717) is 11.1 Å². The van der Waals surface area contributed by atoms with Crippen molar-refractivity contribution in [3.05, 3.63) is 56.1 Å². The third-order valence-electron chi connectivity index (χ3n) is 3.08. The van der Waals surface area contributed by atoms with Crippen molar-refractivity contribution < 1.29 is 24.2 Å². The summed E-state index contributed by atoms with van der Waals surface area (Å²) in [6, 6.07) is 10.1. The van der Waals surface area contributed by atoms with E-state index in [4.69, 9.17) is 26.2 Å². The van der Waals surface area contributed by atoms with Gasteiger partial charge in [0.15, 0.2) is 18.1 Å². The van der Waals surface area contributed by atoms with Crippen LogP contribution >= 0.6 is 34.2 Å². The number of ether oxygens (including phenoxy) is 2. The number of nitrogens with one attached hydrogen (secondary N) is 1. The molecule has 2 aromatic carbocycles. The highest BCUT2D eigenvalue weighted by molar-refractivity contribution is 14.1. The lowest BCUT2D eigenvalue weighted by Gasteiger charge is -2.11. The molecular formula is C17H14ClIN2O5. The van der Waals surface area contributed by atoms with Crippen molar-refractivity contribution in [2.24, 2.45) is 5.10 Å². The minimum absolute atomic E-state index is 0.122. The normalized spacial score (nSPS) is 10.6. The summed E-state index contributed by atoms with van der Waals surface area (Å²) in [5, 5.41) is 12.7. The third-order valence-corrected chi connectivity index (χ3v) is 4.08. The molecule has 0 fully saturated rings. The number of halogens is 2. The highest BCUT2D eigenvalue weighted by atomic mass is 127. The second-order valence-electron chi connectivity index (χ2n) is 4.92. The first-order valence-corrected chi connectivity index (χ1v) is 8.67. The number of aliphatic carboxylic acids is 1. The molecule has 0 aliphatic carbocycles. The molecule has 0 aromatic heterocycles. The van der Waals surface area contributed by atoms with Gasteiger partial charge in [-0.25, -0.2) is 10.2 Å². The summed E-state index contributed by atoms with van der Waals surface area (Å²) in [7, 11) is 1.40. The van der Waals surface area contributed by atoms with Crippen LogP contribution < -0.4 is 14.9 Å². The molecule has 2 rings (SSSR count). The molecule has 7 nitrogen and oxygen atoms in total. The Hall–Kier alpha value is -2.33. The third kappa shape index (κ3) is 5.60. The second kappa shape index (κ2) is 9.39. The van der Waals surface area contributed by atoms with E-state index in [2.05, 4.69) is 33.1 Å². The second-order valence-corrected chi connectivity index (χ2v) is 6.58. The van der Waals surface area contributed by atoms with Gasteiger partial charge in [0, 0.05) is 9.13 Å². The molecule has 0 saturated heterocycles. The summed E-state index contributed by atoms with van der Waals surface area (Å²) in [5.41, 5.74) is 3.44. The fraction of sp³-hybridized carbons (Fsp3) is 0.118. The molecule has 26 heavy (non-hydrogen) atoms. The Bertz CT molecular complexity index is 840. The zero-order valence-corrected chi connectivity index (χ0v) is 16.4. The van der Waals surface area contributed by atoms with Gasteiger partial charge in [-0.3, -0.25) is 4.79 Å². The van der Waals surface area contributed by atoms with Gasteiger partial charge in [0.1, 0.15) is 0 Å². The summed E-state index contributed by atoms with van der Waals surface area (Å²) in [6.07, 6.45) is 1.39. The number of amides is 1. The number of carbonyl (C=O) groups is 2. The molecule has 0 heterocycles. The summed E-state index contributed by atoms with van der Waals surface area (Å²) in [4.78, 5) is 22.6. The Labute approximate surface area is 168 Å². The predicted molar refractivity (Wildman–Crippen MR) is 105 cm³/mol. The predicted octanol–water partition coefficient (Wildman–Crippen LogP) is 3.18.